The third-order valence-electron chi connectivity index (χ3n) is 4.97. The molecule has 8 heteroatoms. The maximum absolute atomic E-state index is 12.7. The first-order valence-electron chi connectivity index (χ1n) is 9.69. The lowest BCUT2D eigenvalue weighted by molar-refractivity contribution is -0.131. The Kier molecular flexibility index (Phi) is 7.70. The van der Waals surface area contributed by atoms with Crippen LogP contribution in [0.25, 0.3) is 0 Å². The van der Waals surface area contributed by atoms with Crippen molar-refractivity contribution in [3.63, 3.8) is 0 Å². The van der Waals surface area contributed by atoms with Gasteiger partial charge in [0, 0.05) is 31.5 Å². The predicted octanol–water partition coefficient (Wildman–Crippen LogP) is 3.90. The second-order valence-corrected chi connectivity index (χ2v) is 7.67. The fraction of sp³-hybridized carbons (Fsp3) is 0.364. The molecule has 0 aromatic heterocycles. The Balaban J connectivity index is 1.71. The number of anilines is 1. The Morgan fingerprint density at radius 3 is 2.40 bits per heavy atom. The summed E-state index contributed by atoms with van der Waals surface area (Å²) >= 11 is 3.43. The molecule has 1 aliphatic rings. The number of carbonyl (C=O) groups is 1. The zero-order valence-corrected chi connectivity index (χ0v) is 18.9. The molecule has 1 aliphatic heterocycles. The van der Waals surface area contributed by atoms with Crippen LogP contribution in [0.15, 0.2) is 46.0 Å². The molecule has 7 nitrogen and oxygen atoms in total. The predicted molar refractivity (Wildman–Crippen MR) is 121 cm³/mol. The molecule has 160 valence electrons. The molecule has 30 heavy (non-hydrogen) atoms. The fourth-order valence-electron chi connectivity index (χ4n) is 3.45. The molecule has 2 aromatic rings. The second kappa shape index (κ2) is 10.4. The van der Waals surface area contributed by atoms with Crippen LogP contribution >= 0.6 is 15.9 Å². The number of ether oxygens (including phenoxy) is 3. The van der Waals surface area contributed by atoms with E-state index in [1.165, 1.54) is 26.2 Å². The van der Waals surface area contributed by atoms with Gasteiger partial charge in [0.1, 0.15) is 16.0 Å². The molecule has 1 saturated heterocycles. The number of nitrogens with one attached hydrogen (secondary N) is 1. The highest BCUT2D eigenvalue weighted by atomic mass is 79.9. The summed E-state index contributed by atoms with van der Waals surface area (Å²) in [5.74, 6) is 0.870. The van der Waals surface area contributed by atoms with Gasteiger partial charge in [-0.3, -0.25) is 4.79 Å². The Morgan fingerprint density at radius 1 is 1.13 bits per heavy atom. The van der Waals surface area contributed by atoms with Crippen LogP contribution in [0.2, 0.25) is 0 Å². The molecule has 1 heterocycles. The van der Waals surface area contributed by atoms with Crippen LogP contribution < -0.4 is 19.8 Å². The first-order valence-corrected chi connectivity index (χ1v) is 10.5. The SMILES string of the molecule is COc1cc(C=NNC(=O)C(OC)c2cccc(N3CCCC3)c2)cc(OC)c1Br. The van der Waals surface area contributed by atoms with Crippen molar-refractivity contribution in [2.75, 3.05) is 39.3 Å². The zero-order chi connectivity index (χ0) is 21.5. The number of hydrogen-bond donors (Lipinski definition) is 1. The van der Waals surface area contributed by atoms with Crippen LogP contribution in [0, 0.1) is 0 Å². The average molecular weight is 476 g/mol. The summed E-state index contributed by atoms with van der Waals surface area (Å²) in [4.78, 5) is 15.0. The van der Waals surface area contributed by atoms with Gasteiger partial charge < -0.3 is 19.1 Å². The van der Waals surface area contributed by atoms with E-state index >= 15 is 0 Å². The van der Waals surface area contributed by atoms with E-state index in [1.807, 2.05) is 18.2 Å². The minimum absolute atomic E-state index is 0.344. The average Bonchev–Trinajstić information content (AvgIpc) is 3.30. The van der Waals surface area contributed by atoms with E-state index in [-0.39, 0.29) is 5.91 Å². The summed E-state index contributed by atoms with van der Waals surface area (Å²) in [6.07, 6.45) is 3.17. The third kappa shape index (κ3) is 5.12. The van der Waals surface area contributed by atoms with Gasteiger partial charge >= 0.3 is 0 Å². The van der Waals surface area contributed by atoms with Crippen LogP contribution in [-0.2, 0) is 9.53 Å². The van der Waals surface area contributed by atoms with Crippen molar-refractivity contribution in [2.45, 2.75) is 18.9 Å². The van der Waals surface area contributed by atoms with Crippen LogP contribution in [-0.4, -0.2) is 46.5 Å². The Labute approximate surface area is 185 Å². The summed E-state index contributed by atoms with van der Waals surface area (Å²) in [5, 5.41) is 4.07. The molecule has 1 N–H and O–H groups in total. The Bertz CT molecular complexity index is 888. The molecular formula is C22H26BrN3O4. The van der Waals surface area contributed by atoms with Crippen molar-refractivity contribution in [1.82, 2.24) is 5.43 Å². The molecule has 0 saturated carbocycles. The largest absolute Gasteiger partial charge is 0.495 e. The molecule has 1 atom stereocenters. The number of hydrogen-bond acceptors (Lipinski definition) is 6. The lowest BCUT2D eigenvalue weighted by atomic mass is 10.1. The standard InChI is InChI=1S/C22H26BrN3O4/c1-28-18-11-15(12-19(29-2)20(18)23)14-24-25-22(27)21(30-3)16-7-6-8-17(13-16)26-9-4-5-10-26/h6-8,11-14,21H,4-5,9-10H2,1-3H3,(H,25,27). The van der Waals surface area contributed by atoms with E-state index < -0.39 is 6.10 Å². The molecular weight excluding hydrogens is 450 g/mol. The smallest absolute Gasteiger partial charge is 0.273 e. The molecule has 0 radical (unpaired) electrons. The maximum Gasteiger partial charge on any atom is 0.273 e. The molecule has 0 bridgehead atoms. The highest BCUT2D eigenvalue weighted by Crippen LogP contribution is 2.35. The molecule has 1 amide bonds. The van der Waals surface area contributed by atoms with Crippen molar-refractivity contribution in [3.05, 3.63) is 52.0 Å². The minimum atomic E-state index is -0.751. The van der Waals surface area contributed by atoms with Crippen LogP contribution in [0.5, 0.6) is 11.5 Å². The molecule has 0 spiro atoms. The highest BCUT2D eigenvalue weighted by Gasteiger charge is 2.21. The van der Waals surface area contributed by atoms with E-state index in [1.54, 1.807) is 26.4 Å². The van der Waals surface area contributed by atoms with E-state index in [9.17, 15) is 4.79 Å². The van der Waals surface area contributed by atoms with E-state index in [4.69, 9.17) is 14.2 Å². The molecule has 0 aliphatic carbocycles. The van der Waals surface area contributed by atoms with Gasteiger partial charge in [-0.25, -0.2) is 5.43 Å². The van der Waals surface area contributed by atoms with E-state index in [2.05, 4.69) is 37.4 Å². The molecule has 1 unspecified atom stereocenters. The van der Waals surface area contributed by atoms with Gasteiger partial charge in [0.15, 0.2) is 6.10 Å². The number of hydrazone groups is 1. The number of methoxy groups -OCH3 is 3. The second-order valence-electron chi connectivity index (χ2n) is 6.88. The highest BCUT2D eigenvalue weighted by molar-refractivity contribution is 9.10. The summed E-state index contributed by atoms with van der Waals surface area (Å²) in [5.41, 5.74) is 5.18. The van der Waals surface area contributed by atoms with Crippen molar-refractivity contribution in [1.29, 1.82) is 0 Å². The monoisotopic (exact) mass is 475 g/mol. The van der Waals surface area contributed by atoms with Crippen molar-refractivity contribution in [2.24, 2.45) is 5.10 Å². The number of benzene rings is 2. The Hall–Kier alpha value is -2.58. The van der Waals surface area contributed by atoms with Crippen molar-refractivity contribution >= 4 is 33.7 Å². The third-order valence-corrected chi connectivity index (χ3v) is 5.76. The van der Waals surface area contributed by atoms with Crippen molar-refractivity contribution in [3.8, 4) is 11.5 Å². The fourth-order valence-corrected chi connectivity index (χ4v) is 4.00. The first kappa shape index (κ1) is 22.1. The van der Waals surface area contributed by atoms with Crippen LogP contribution in [0.4, 0.5) is 5.69 Å². The number of carbonyl (C=O) groups excluding carboxylic acids is 1. The van der Waals surface area contributed by atoms with E-state index in [0.717, 1.165) is 29.9 Å². The van der Waals surface area contributed by atoms with Gasteiger partial charge in [0.2, 0.25) is 0 Å². The van der Waals surface area contributed by atoms with Gasteiger partial charge in [-0.2, -0.15) is 5.10 Å². The molecule has 2 aromatic carbocycles. The van der Waals surface area contributed by atoms with Crippen LogP contribution in [0.3, 0.4) is 0 Å². The lowest BCUT2D eigenvalue weighted by Gasteiger charge is -2.20. The number of halogens is 1. The zero-order valence-electron chi connectivity index (χ0n) is 17.4. The Morgan fingerprint density at radius 2 is 1.80 bits per heavy atom. The maximum atomic E-state index is 12.7. The van der Waals surface area contributed by atoms with Gasteiger partial charge in [0.05, 0.1) is 20.4 Å². The minimum Gasteiger partial charge on any atom is -0.495 e. The molecule has 1 fully saturated rings. The van der Waals surface area contributed by atoms with Crippen molar-refractivity contribution < 1.29 is 19.0 Å². The first-order chi connectivity index (χ1) is 14.6. The summed E-state index contributed by atoms with van der Waals surface area (Å²) in [6, 6.07) is 11.5. The van der Waals surface area contributed by atoms with Gasteiger partial charge in [-0.1, -0.05) is 12.1 Å². The number of amides is 1. The van der Waals surface area contributed by atoms with Gasteiger partial charge in [-0.05, 0) is 58.6 Å². The molecule has 3 rings (SSSR count). The number of rotatable bonds is 8. The number of nitrogens with zero attached hydrogens (tertiary/aromatic N) is 2. The van der Waals surface area contributed by atoms with Gasteiger partial charge in [0.25, 0.3) is 5.91 Å². The summed E-state index contributed by atoms with van der Waals surface area (Å²) < 4.78 is 16.8. The topological polar surface area (TPSA) is 72.4 Å². The quantitative estimate of drug-likeness (QED) is 0.462. The van der Waals surface area contributed by atoms with Gasteiger partial charge in [-0.15, -0.1) is 0 Å². The summed E-state index contributed by atoms with van der Waals surface area (Å²) in [6.45, 7) is 2.08. The lowest BCUT2D eigenvalue weighted by Crippen LogP contribution is -2.27. The van der Waals surface area contributed by atoms with E-state index in [0.29, 0.717) is 16.0 Å². The summed E-state index contributed by atoms with van der Waals surface area (Å²) in [7, 11) is 4.66. The van der Waals surface area contributed by atoms with Crippen LogP contribution in [0.1, 0.15) is 30.1 Å². The normalized spacial score (nSPS) is 14.7.